The summed E-state index contributed by atoms with van der Waals surface area (Å²) in [6.07, 6.45) is 11.0. The first-order valence-corrected chi connectivity index (χ1v) is 8.05. The lowest BCUT2D eigenvalue weighted by Crippen LogP contribution is -2.48. The van der Waals surface area contributed by atoms with Gasteiger partial charge in [-0.15, -0.1) is 0 Å². The quantitative estimate of drug-likeness (QED) is 0.755. The summed E-state index contributed by atoms with van der Waals surface area (Å²) in [5.41, 5.74) is -0.420. The molecule has 2 aliphatic carbocycles. The monoisotopic (exact) mass is 253 g/mol. The Kier molecular flexibility index (Phi) is 5.08. The van der Waals surface area contributed by atoms with E-state index in [0.717, 1.165) is 31.2 Å². The van der Waals surface area contributed by atoms with Crippen LogP contribution in [0.25, 0.3) is 0 Å². The van der Waals surface area contributed by atoms with E-state index in [4.69, 9.17) is 0 Å². The van der Waals surface area contributed by atoms with Gasteiger partial charge in [-0.2, -0.15) is 0 Å². The number of hydrogen-bond acceptors (Lipinski definition) is 2. The molecule has 0 heterocycles. The third-order valence-corrected chi connectivity index (χ3v) is 5.19. The highest BCUT2D eigenvalue weighted by atomic mass is 16.3. The van der Waals surface area contributed by atoms with Gasteiger partial charge < -0.3 is 10.4 Å². The zero-order valence-corrected chi connectivity index (χ0v) is 12.3. The molecule has 2 fully saturated rings. The predicted octanol–water partition coefficient (Wildman–Crippen LogP) is 3.49. The first-order valence-electron chi connectivity index (χ1n) is 8.05. The fourth-order valence-electron chi connectivity index (χ4n) is 3.70. The maximum atomic E-state index is 10.7. The van der Waals surface area contributed by atoms with Crippen LogP contribution >= 0.6 is 0 Å². The fraction of sp³-hybridized carbons (Fsp3) is 1.00. The lowest BCUT2D eigenvalue weighted by atomic mass is 9.79. The molecule has 2 nitrogen and oxygen atoms in total. The van der Waals surface area contributed by atoms with Gasteiger partial charge in [0.05, 0.1) is 5.60 Å². The second-order valence-electron chi connectivity index (χ2n) is 7.02. The molecule has 2 heteroatoms. The number of nitrogens with one attached hydrogen (secondary N) is 1. The van der Waals surface area contributed by atoms with E-state index in [1.54, 1.807) is 0 Å². The lowest BCUT2D eigenvalue weighted by Gasteiger charge is -2.36. The van der Waals surface area contributed by atoms with Crippen LogP contribution in [-0.4, -0.2) is 23.3 Å². The maximum absolute atomic E-state index is 10.7. The van der Waals surface area contributed by atoms with Gasteiger partial charge in [0, 0.05) is 12.6 Å². The fourth-order valence-corrected chi connectivity index (χ4v) is 3.70. The highest BCUT2D eigenvalue weighted by Crippen LogP contribution is 2.30. The van der Waals surface area contributed by atoms with Crippen LogP contribution in [-0.2, 0) is 0 Å². The Balaban J connectivity index is 1.81. The van der Waals surface area contributed by atoms with Crippen molar-refractivity contribution in [2.45, 2.75) is 83.3 Å². The molecule has 0 spiro atoms. The van der Waals surface area contributed by atoms with Crippen molar-refractivity contribution >= 4 is 0 Å². The summed E-state index contributed by atoms with van der Waals surface area (Å²) in [5.74, 6) is 1.62. The molecule has 2 N–H and O–H groups in total. The molecule has 0 aromatic carbocycles. The minimum absolute atomic E-state index is 0.420. The number of rotatable bonds is 3. The number of hydrogen-bond donors (Lipinski definition) is 2. The molecule has 0 saturated heterocycles. The Morgan fingerprint density at radius 3 is 2.39 bits per heavy atom. The van der Waals surface area contributed by atoms with Crippen LogP contribution < -0.4 is 5.32 Å². The van der Waals surface area contributed by atoms with Gasteiger partial charge in [-0.25, -0.2) is 0 Å². The van der Waals surface area contributed by atoms with Gasteiger partial charge in [0.15, 0.2) is 0 Å². The Hall–Kier alpha value is -0.0800. The van der Waals surface area contributed by atoms with Gasteiger partial charge >= 0.3 is 0 Å². The lowest BCUT2D eigenvalue weighted by molar-refractivity contribution is 0.0184. The average molecular weight is 253 g/mol. The maximum Gasteiger partial charge on any atom is 0.0771 e. The van der Waals surface area contributed by atoms with E-state index >= 15 is 0 Å². The first kappa shape index (κ1) is 14.3. The van der Waals surface area contributed by atoms with Crippen molar-refractivity contribution < 1.29 is 5.11 Å². The normalized spacial score (nSPS) is 37.2. The zero-order chi connectivity index (χ0) is 13.0. The largest absolute Gasteiger partial charge is 0.389 e. The summed E-state index contributed by atoms with van der Waals surface area (Å²) in [6, 6.07) is 0.626. The Morgan fingerprint density at radius 1 is 1.06 bits per heavy atom. The third-order valence-electron chi connectivity index (χ3n) is 5.19. The highest BCUT2D eigenvalue weighted by Gasteiger charge is 2.31. The first-order chi connectivity index (χ1) is 8.59. The van der Waals surface area contributed by atoms with Crippen LogP contribution in [0.3, 0.4) is 0 Å². The van der Waals surface area contributed by atoms with Gasteiger partial charge in [-0.05, 0) is 37.5 Å². The van der Waals surface area contributed by atoms with Crippen molar-refractivity contribution in [3.63, 3.8) is 0 Å². The molecule has 18 heavy (non-hydrogen) atoms. The molecule has 2 rings (SSSR count). The van der Waals surface area contributed by atoms with Gasteiger partial charge in [-0.1, -0.05) is 46.0 Å². The summed E-state index contributed by atoms with van der Waals surface area (Å²) < 4.78 is 0. The Bertz CT molecular complexity index is 245. The molecule has 0 aliphatic heterocycles. The third kappa shape index (κ3) is 3.96. The number of aliphatic hydroxyl groups is 1. The van der Waals surface area contributed by atoms with E-state index in [0.29, 0.717) is 6.04 Å². The minimum Gasteiger partial charge on any atom is -0.389 e. The van der Waals surface area contributed by atoms with Crippen molar-refractivity contribution in [1.29, 1.82) is 0 Å². The van der Waals surface area contributed by atoms with Crippen LogP contribution in [0.2, 0.25) is 0 Å². The summed E-state index contributed by atoms with van der Waals surface area (Å²) in [5, 5.41) is 14.4. The molecule has 106 valence electrons. The van der Waals surface area contributed by atoms with E-state index < -0.39 is 5.60 Å². The SMILES string of the molecule is CC1CCC(C)C(NCC2(O)CCCCCC2)C1. The van der Waals surface area contributed by atoms with Crippen LogP contribution in [0.5, 0.6) is 0 Å². The van der Waals surface area contributed by atoms with E-state index in [1.165, 1.54) is 44.9 Å². The molecule has 0 amide bonds. The Labute approximate surface area is 113 Å². The Morgan fingerprint density at radius 2 is 1.72 bits per heavy atom. The summed E-state index contributed by atoms with van der Waals surface area (Å²) in [6.45, 7) is 5.54. The average Bonchev–Trinajstić information content (AvgIpc) is 2.56. The van der Waals surface area contributed by atoms with Crippen molar-refractivity contribution in [3.05, 3.63) is 0 Å². The van der Waals surface area contributed by atoms with Gasteiger partial charge in [0.2, 0.25) is 0 Å². The second kappa shape index (κ2) is 6.38. The van der Waals surface area contributed by atoms with Crippen LogP contribution in [0, 0.1) is 11.8 Å². The van der Waals surface area contributed by atoms with Gasteiger partial charge in [-0.3, -0.25) is 0 Å². The van der Waals surface area contributed by atoms with E-state index in [2.05, 4.69) is 19.2 Å². The molecule has 0 radical (unpaired) electrons. The summed E-state index contributed by atoms with van der Waals surface area (Å²) >= 11 is 0. The van der Waals surface area contributed by atoms with Gasteiger partial charge in [0.25, 0.3) is 0 Å². The van der Waals surface area contributed by atoms with Crippen molar-refractivity contribution in [2.75, 3.05) is 6.54 Å². The molecular weight excluding hydrogens is 222 g/mol. The van der Waals surface area contributed by atoms with Crippen LogP contribution in [0.15, 0.2) is 0 Å². The molecule has 0 bridgehead atoms. The van der Waals surface area contributed by atoms with Crippen molar-refractivity contribution in [1.82, 2.24) is 5.32 Å². The molecule has 3 unspecified atom stereocenters. The molecule has 2 aliphatic rings. The van der Waals surface area contributed by atoms with E-state index in [1.807, 2.05) is 0 Å². The molecule has 3 atom stereocenters. The predicted molar refractivity (Wildman–Crippen MR) is 76.6 cm³/mol. The standard InChI is InChI=1S/C16H31NO/c1-13-7-8-14(2)15(11-13)17-12-16(18)9-5-3-4-6-10-16/h13-15,17-18H,3-12H2,1-2H3. The zero-order valence-electron chi connectivity index (χ0n) is 12.3. The van der Waals surface area contributed by atoms with Crippen molar-refractivity contribution in [3.8, 4) is 0 Å². The summed E-state index contributed by atoms with van der Waals surface area (Å²) in [4.78, 5) is 0. The summed E-state index contributed by atoms with van der Waals surface area (Å²) in [7, 11) is 0. The van der Waals surface area contributed by atoms with E-state index in [-0.39, 0.29) is 0 Å². The molecule has 2 saturated carbocycles. The smallest absolute Gasteiger partial charge is 0.0771 e. The molecular formula is C16H31NO. The topological polar surface area (TPSA) is 32.3 Å². The minimum atomic E-state index is -0.420. The van der Waals surface area contributed by atoms with Crippen LogP contribution in [0.1, 0.15) is 71.6 Å². The molecule has 0 aromatic rings. The highest BCUT2D eigenvalue weighted by molar-refractivity contribution is 4.88. The van der Waals surface area contributed by atoms with Crippen LogP contribution in [0.4, 0.5) is 0 Å². The van der Waals surface area contributed by atoms with Gasteiger partial charge in [0.1, 0.15) is 0 Å². The van der Waals surface area contributed by atoms with Crippen molar-refractivity contribution in [2.24, 2.45) is 11.8 Å². The van der Waals surface area contributed by atoms with E-state index in [9.17, 15) is 5.11 Å². The molecule has 0 aromatic heterocycles. The second-order valence-corrected chi connectivity index (χ2v) is 7.02.